The highest BCUT2D eigenvalue weighted by Gasteiger charge is 2.29. The highest BCUT2D eigenvalue weighted by molar-refractivity contribution is 5.84. The highest BCUT2D eigenvalue weighted by Crippen LogP contribution is 2.17. The molecule has 0 aliphatic carbocycles. The van der Waals surface area contributed by atoms with Gasteiger partial charge in [-0.25, -0.2) is 4.79 Å². The van der Waals surface area contributed by atoms with Crippen LogP contribution in [0.3, 0.4) is 0 Å². The average Bonchev–Trinajstić information content (AvgIpc) is 2.83. The van der Waals surface area contributed by atoms with Crippen molar-refractivity contribution >= 4 is 11.9 Å². The summed E-state index contributed by atoms with van der Waals surface area (Å²) in [7, 11) is 0. The predicted molar refractivity (Wildman–Crippen MR) is 80.8 cm³/mol. The van der Waals surface area contributed by atoms with Gasteiger partial charge in [-0.2, -0.15) is 0 Å². The lowest BCUT2D eigenvalue weighted by Gasteiger charge is -2.26. The summed E-state index contributed by atoms with van der Waals surface area (Å²) >= 11 is 0. The third-order valence-electron chi connectivity index (χ3n) is 3.36. The first-order valence-corrected chi connectivity index (χ1v) is 7.83. The molecule has 122 valence electrons. The summed E-state index contributed by atoms with van der Waals surface area (Å²) in [6.45, 7) is 10.0. The molecule has 1 amide bonds. The lowest BCUT2D eigenvalue weighted by atomic mass is 10.0. The van der Waals surface area contributed by atoms with Gasteiger partial charge in [0.05, 0.1) is 6.10 Å². The first kappa shape index (κ1) is 18.0. The van der Waals surface area contributed by atoms with Crippen LogP contribution in [0.1, 0.15) is 60.3 Å². The van der Waals surface area contributed by atoms with Crippen LogP contribution in [-0.2, 0) is 19.1 Å². The van der Waals surface area contributed by atoms with Gasteiger partial charge in [-0.15, -0.1) is 0 Å². The minimum Gasteiger partial charge on any atom is -0.458 e. The summed E-state index contributed by atoms with van der Waals surface area (Å²) < 4.78 is 10.9. The Labute approximate surface area is 127 Å². The molecular weight excluding hydrogens is 270 g/mol. The van der Waals surface area contributed by atoms with Crippen molar-refractivity contribution in [2.45, 2.75) is 78.0 Å². The van der Waals surface area contributed by atoms with Crippen molar-refractivity contribution in [2.75, 3.05) is 6.61 Å². The molecule has 1 fully saturated rings. The van der Waals surface area contributed by atoms with E-state index in [1.54, 1.807) is 0 Å². The molecule has 0 bridgehead atoms. The Bertz CT molecular complexity index is 354. The van der Waals surface area contributed by atoms with Gasteiger partial charge >= 0.3 is 5.97 Å². The fourth-order valence-corrected chi connectivity index (χ4v) is 2.27. The minimum absolute atomic E-state index is 0.00784. The molecule has 2 atom stereocenters. The van der Waals surface area contributed by atoms with Gasteiger partial charge in [0.15, 0.2) is 0 Å². The Hall–Kier alpha value is -1.10. The zero-order valence-electron chi connectivity index (χ0n) is 13.9. The van der Waals surface area contributed by atoms with Crippen LogP contribution < -0.4 is 5.32 Å². The summed E-state index contributed by atoms with van der Waals surface area (Å²) in [6, 6.07) is -0.596. The lowest BCUT2D eigenvalue weighted by molar-refractivity contribution is -0.160. The fraction of sp³-hybridized carbons (Fsp3) is 0.875. The summed E-state index contributed by atoms with van der Waals surface area (Å²) in [5.74, 6) is -0.496. The third-order valence-corrected chi connectivity index (χ3v) is 3.36. The summed E-state index contributed by atoms with van der Waals surface area (Å²) in [6.07, 6.45) is 3.38. The number of carbonyl (C=O) groups excluding carboxylic acids is 2. The minimum atomic E-state index is -0.596. The molecule has 5 heteroatoms. The largest absolute Gasteiger partial charge is 0.458 e. The standard InChI is InChI=1S/C16H29NO4/c1-11(2)14(15(19)21-16(3,4)5)17-13(18)9-8-12-7-6-10-20-12/h11-12,14H,6-10H2,1-5H3,(H,17,18)/t12?,14-/m1/s1. The second kappa shape index (κ2) is 7.78. The van der Waals surface area contributed by atoms with Gasteiger partial charge in [0.2, 0.25) is 5.91 Å². The predicted octanol–water partition coefficient (Wildman–Crippen LogP) is 2.43. The van der Waals surface area contributed by atoms with E-state index < -0.39 is 11.6 Å². The second-order valence-corrected chi connectivity index (χ2v) is 7.00. The van der Waals surface area contributed by atoms with E-state index >= 15 is 0 Å². The molecule has 1 unspecified atom stereocenters. The Kier molecular flexibility index (Phi) is 6.65. The maximum absolute atomic E-state index is 12.1. The zero-order valence-corrected chi connectivity index (χ0v) is 13.9. The van der Waals surface area contributed by atoms with Gasteiger partial charge < -0.3 is 14.8 Å². The number of rotatable bonds is 6. The van der Waals surface area contributed by atoms with Crippen molar-refractivity contribution in [1.82, 2.24) is 5.32 Å². The van der Waals surface area contributed by atoms with Crippen LogP contribution in [0.2, 0.25) is 0 Å². The molecule has 0 aromatic carbocycles. The van der Waals surface area contributed by atoms with Gasteiger partial charge in [0.1, 0.15) is 11.6 Å². The molecule has 1 aliphatic rings. The van der Waals surface area contributed by atoms with E-state index in [1.807, 2.05) is 34.6 Å². The molecule has 1 rings (SSSR count). The van der Waals surface area contributed by atoms with E-state index in [9.17, 15) is 9.59 Å². The maximum Gasteiger partial charge on any atom is 0.329 e. The number of amides is 1. The molecule has 0 aromatic heterocycles. The van der Waals surface area contributed by atoms with Gasteiger partial charge in [-0.3, -0.25) is 4.79 Å². The molecule has 0 radical (unpaired) electrons. The topological polar surface area (TPSA) is 64.6 Å². The van der Waals surface area contributed by atoms with Crippen LogP contribution in [0.4, 0.5) is 0 Å². The summed E-state index contributed by atoms with van der Waals surface area (Å²) in [5.41, 5.74) is -0.549. The van der Waals surface area contributed by atoms with Gasteiger partial charge in [0, 0.05) is 13.0 Å². The number of hydrogen-bond donors (Lipinski definition) is 1. The van der Waals surface area contributed by atoms with E-state index in [0.29, 0.717) is 12.8 Å². The fourth-order valence-electron chi connectivity index (χ4n) is 2.27. The first-order valence-electron chi connectivity index (χ1n) is 7.83. The smallest absolute Gasteiger partial charge is 0.329 e. The molecule has 1 N–H and O–H groups in total. The van der Waals surface area contributed by atoms with Crippen molar-refractivity contribution in [3.05, 3.63) is 0 Å². The Morgan fingerprint density at radius 2 is 2.00 bits per heavy atom. The SMILES string of the molecule is CC(C)[C@@H](NC(=O)CCC1CCCO1)C(=O)OC(C)(C)C. The van der Waals surface area contributed by atoms with Crippen LogP contribution >= 0.6 is 0 Å². The lowest BCUT2D eigenvalue weighted by Crippen LogP contribution is -2.47. The summed E-state index contributed by atoms with van der Waals surface area (Å²) in [5, 5.41) is 2.79. The Balaban J connectivity index is 2.45. The highest BCUT2D eigenvalue weighted by atomic mass is 16.6. The van der Waals surface area contributed by atoms with Crippen molar-refractivity contribution < 1.29 is 19.1 Å². The molecule has 0 aromatic rings. The number of esters is 1. The van der Waals surface area contributed by atoms with Crippen LogP contribution in [-0.4, -0.2) is 36.2 Å². The normalized spacial score (nSPS) is 20.4. The van der Waals surface area contributed by atoms with Crippen LogP contribution in [0.25, 0.3) is 0 Å². The van der Waals surface area contributed by atoms with Crippen LogP contribution in [0.5, 0.6) is 0 Å². The monoisotopic (exact) mass is 299 g/mol. The summed E-state index contributed by atoms with van der Waals surface area (Å²) in [4.78, 5) is 24.1. The van der Waals surface area contributed by atoms with Crippen LogP contribution in [0.15, 0.2) is 0 Å². The van der Waals surface area contributed by atoms with E-state index in [-0.39, 0.29) is 23.9 Å². The molecule has 0 spiro atoms. The van der Waals surface area contributed by atoms with Crippen molar-refractivity contribution in [3.8, 4) is 0 Å². The molecule has 1 heterocycles. The number of ether oxygens (including phenoxy) is 2. The van der Waals surface area contributed by atoms with E-state index in [1.165, 1.54) is 0 Å². The van der Waals surface area contributed by atoms with E-state index in [0.717, 1.165) is 19.4 Å². The molecule has 21 heavy (non-hydrogen) atoms. The average molecular weight is 299 g/mol. The molecule has 0 saturated carbocycles. The molecule has 1 aliphatic heterocycles. The van der Waals surface area contributed by atoms with Crippen molar-refractivity contribution in [1.29, 1.82) is 0 Å². The second-order valence-electron chi connectivity index (χ2n) is 7.00. The number of nitrogens with one attached hydrogen (secondary N) is 1. The van der Waals surface area contributed by atoms with E-state index in [2.05, 4.69) is 5.32 Å². The van der Waals surface area contributed by atoms with Crippen molar-refractivity contribution in [3.63, 3.8) is 0 Å². The van der Waals surface area contributed by atoms with E-state index in [4.69, 9.17) is 9.47 Å². The maximum atomic E-state index is 12.1. The zero-order chi connectivity index (χ0) is 16.0. The molecular formula is C16H29NO4. The van der Waals surface area contributed by atoms with Crippen molar-refractivity contribution in [2.24, 2.45) is 5.92 Å². The Morgan fingerprint density at radius 1 is 1.33 bits per heavy atom. The van der Waals surface area contributed by atoms with Crippen LogP contribution in [0, 0.1) is 5.92 Å². The number of carbonyl (C=O) groups is 2. The third kappa shape index (κ3) is 6.93. The first-order chi connectivity index (χ1) is 9.69. The van der Waals surface area contributed by atoms with Gasteiger partial charge in [-0.1, -0.05) is 13.8 Å². The van der Waals surface area contributed by atoms with Gasteiger partial charge in [-0.05, 0) is 46.0 Å². The molecule has 1 saturated heterocycles. The van der Waals surface area contributed by atoms with Gasteiger partial charge in [0.25, 0.3) is 0 Å². The molecule has 5 nitrogen and oxygen atoms in total. The Morgan fingerprint density at radius 3 is 2.48 bits per heavy atom. The number of hydrogen-bond acceptors (Lipinski definition) is 4. The quantitative estimate of drug-likeness (QED) is 0.765.